The van der Waals surface area contributed by atoms with E-state index >= 15 is 0 Å². The summed E-state index contributed by atoms with van der Waals surface area (Å²) in [7, 11) is 0. The van der Waals surface area contributed by atoms with Crippen LogP contribution >= 0.6 is 0 Å². The molecule has 96 valence electrons. The number of amides is 1. The average Bonchev–Trinajstić information content (AvgIpc) is 2.66. The number of benzene rings is 1. The minimum atomic E-state index is -0.292. The fourth-order valence-corrected chi connectivity index (χ4v) is 2.68. The van der Waals surface area contributed by atoms with Gasteiger partial charge >= 0.3 is 0 Å². The van der Waals surface area contributed by atoms with E-state index < -0.39 is 0 Å². The van der Waals surface area contributed by atoms with Crippen molar-refractivity contribution in [2.24, 2.45) is 5.92 Å². The van der Waals surface area contributed by atoms with Gasteiger partial charge in [-0.1, -0.05) is 24.6 Å². The maximum absolute atomic E-state index is 13.8. The molecule has 1 aliphatic heterocycles. The van der Waals surface area contributed by atoms with Gasteiger partial charge in [0.25, 0.3) is 0 Å². The highest BCUT2D eigenvalue weighted by atomic mass is 19.1. The number of rotatable bonds is 3. The fourth-order valence-electron chi connectivity index (χ4n) is 2.68. The minimum absolute atomic E-state index is 0.0788. The van der Waals surface area contributed by atoms with E-state index in [-0.39, 0.29) is 17.9 Å². The Morgan fingerprint density at radius 1 is 1.33 bits per heavy atom. The number of nitrogens with zero attached hydrogens (tertiary/aromatic N) is 1. The normalized spacial score (nSPS) is 24.4. The summed E-state index contributed by atoms with van der Waals surface area (Å²) < 4.78 is 13.8. The van der Waals surface area contributed by atoms with Gasteiger partial charge in [-0.2, -0.15) is 0 Å². The molecule has 18 heavy (non-hydrogen) atoms. The molecule has 3 nitrogen and oxygen atoms in total. The van der Waals surface area contributed by atoms with Gasteiger partial charge < -0.3 is 4.90 Å². The van der Waals surface area contributed by atoms with Crippen LogP contribution in [0.15, 0.2) is 24.3 Å². The summed E-state index contributed by atoms with van der Waals surface area (Å²) in [6, 6.07) is 6.68. The summed E-state index contributed by atoms with van der Waals surface area (Å²) in [5.74, 6) is 0.432. The molecule has 1 amide bonds. The van der Waals surface area contributed by atoms with Crippen LogP contribution < -0.4 is 5.32 Å². The molecule has 0 aromatic heterocycles. The zero-order chi connectivity index (χ0) is 12.5. The summed E-state index contributed by atoms with van der Waals surface area (Å²) in [6.45, 7) is 1.07. The molecular formula is C14H17FN2O. The molecule has 2 fully saturated rings. The predicted molar refractivity (Wildman–Crippen MR) is 66.2 cm³/mol. The Bertz CT molecular complexity index is 459. The van der Waals surface area contributed by atoms with Gasteiger partial charge in [-0.25, -0.2) is 4.39 Å². The molecule has 4 heteroatoms. The average molecular weight is 248 g/mol. The van der Waals surface area contributed by atoms with Gasteiger partial charge in [-0.15, -0.1) is 0 Å². The largest absolute Gasteiger partial charge is 0.321 e. The standard InChI is InChI=1S/C14H17FN2O/c15-12-7-2-1-6-11(12)14-16-8-13(18)17(14)9-10-4-3-5-10/h1-2,6-7,10,14,16H,3-5,8-9H2. The molecule has 1 unspecified atom stereocenters. The summed E-state index contributed by atoms with van der Waals surface area (Å²) in [5.41, 5.74) is 0.572. The van der Waals surface area contributed by atoms with Gasteiger partial charge in [0.2, 0.25) is 5.91 Å². The van der Waals surface area contributed by atoms with Crippen molar-refractivity contribution >= 4 is 5.91 Å². The molecule has 1 aliphatic carbocycles. The third-order valence-corrected chi connectivity index (χ3v) is 3.96. The maximum atomic E-state index is 13.8. The van der Waals surface area contributed by atoms with E-state index in [1.54, 1.807) is 17.0 Å². The second kappa shape index (κ2) is 4.69. The van der Waals surface area contributed by atoms with Gasteiger partial charge in [-0.3, -0.25) is 10.1 Å². The first-order chi connectivity index (χ1) is 8.75. The van der Waals surface area contributed by atoms with Crippen LogP contribution in [0, 0.1) is 11.7 Å². The zero-order valence-corrected chi connectivity index (χ0v) is 10.2. The molecule has 1 saturated carbocycles. The number of carbonyl (C=O) groups excluding carboxylic acids is 1. The molecule has 1 aromatic carbocycles. The van der Waals surface area contributed by atoms with Crippen molar-refractivity contribution in [3.8, 4) is 0 Å². The number of halogens is 1. The highest BCUT2D eigenvalue weighted by molar-refractivity contribution is 5.81. The first-order valence-corrected chi connectivity index (χ1v) is 6.53. The van der Waals surface area contributed by atoms with Crippen molar-refractivity contribution < 1.29 is 9.18 Å². The summed E-state index contributed by atoms with van der Waals surface area (Å²) in [4.78, 5) is 13.7. The van der Waals surface area contributed by atoms with Crippen molar-refractivity contribution in [1.82, 2.24) is 10.2 Å². The van der Waals surface area contributed by atoms with Crippen LogP contribution in [0.4, 0.5) is 4.39 Å². The van der Waals surface area contributed by atoms with E-state index in [0.29, 0.717) is 18.0 Å². The molecule has 1 aromatic rings. The Hall–Kier alpha value is -1.42. The highest BCUT2D eigenvalue weighted by Crippen LogP contribution is 2.32. The second-order valence-corrected chi connectivity index (χ2v) is 5.15. The minimum Gasteiger partial charge on any atom is -0.321 e. The van der Waals surface area contributed by atoms with E-state index in [0.717, 1.165) is 6.54 Å². The Kier molecular flexibility index (Phi) is 3.04. The number of hydrogen-bond acceptors (Lipinski definition) is 2. The Morgan fingerprint density at radius 2 is 2.11 bits per heavy atom. The second-order valence-electron chi connectivity index (χ2n) is 5.15. The van der Waals surface area contributed by atoms with Crippen LogP contribution in [-0.2, 0) is 4.79 Å². The van der Waals surface area contributed by atoms with E-state index in [4.69, 9.17) is 0 Å². The van der Waals surface area contributed by atoms with Crippen molar-refractivity contribution in [2.45, 2.75) is 25.4 Å². The predicted octanol–water partition coefficient (Wildman–Crippen LogP) is 2.06. The topological polar surface area (TPSA) is 32.3 Å². The molecule has 0 spiro atoms. The first-order valence-electron chi connectivity index (χ1n) is 6.53. The first kappa shape index (κ1) is 11.7. The van der Waals surface area contributed by atoms with Crippen LogP contribution in [-0.4, -0.2) is 23.9 Å². The lowest BCUT2D eigenvalue weighted by Gasteiger charge is -2.33. The van der Waals surface area contributed by atoms with E-state index in [1.165, 1.54) is 25.3 Å². The molecular weight excluding hydrogens is 231 g/mol. The van der Waals surface area contributed by atoms with Gasteiger partial charge in [0, 0.05) is 12.1 Å². The SMILES string of the molecule is O=C1CNC(c2ccccc2F)N1CC1CCC1. The van der Waals surface area contributed by atoms with Crippen molar-refractivity contribution in [2.75, 3.05) is 13.1 Å². The molecule has 3 rings (SSSR count). The van der Waals surface area contributed by atoms with Crippen LogP contribution in [0.2, 0.25) is 0 Å². The van der Waals surface area contributed by atoms with E-state index in [1.807, 2.05) is 6.07 Å². The van der Waals surface area contributed by atoms with E-state index in [9.17, 15) is 9.18 Å². The van der Waals surface area contributed by atoms with Crippen LogP contribution in [0.3, 0.4) is 0 Å². The fraction of sp³-hybridized carbons (Fsp3) is 0.500. The lowest BCUT2D eigenvalue weighted by atomic mass is 9.85. The quantitative estimate of drug-likeness (QED) is 0.888. The maximum Gasteiger partial charge on any atom is 0.238 e. The molecule has 0 radical (unpaired) electrons. The van der Waals surface area contributed by atoms with E-state index in [2.05, 4.69) is 5.32 Å². The number of nitrogens with one attached hydrogen (secondary N) is 1. The Balaban J connectivity index is 1.81. The third kappa shape index (κ3) is 2.01. The highest BCUT2D eigenvalue weighted by Gasteiger charge is 2.35. The van der Waals surface area contributed by atoms with Crippen molar-refractivity contribution in [1.29, 1.82) is 0 Å². The Morgan fingerprint density at radius 3 is 2.78 bits per heavy atom. The van der Waals surface area contributed by atoms with Gasteiger partial charge in [0.15, 0.2) is 0 Å². The zero-order valence-electron chi connectivity index (χ0n) is 10.2. The number of hydrogen-bond donors (Lipinski definition) is 1. The van der Waals surface area contributed by atoms with Gasteiger partial charge in [0.05, 0.1) is 6.54 Å². The molecule has 2 aliphatic rings. The van der Waals surface area contributed by atoms with Crippen LogP contribution in [0.1, 0.15) is 31.0 Å². The molecule has 1 saturated heterocycles. The molecule has 1 heterocycles. The molecule has 0 bridgehead atoms. The third-order valence-electron chi connectivity index (χ3n) is 3.96. The lowest BCUT2D eigenvalue weighted by Crippen LogP contribution is -2.37. The van der Waals surface area contributed by atoms with Gasteiger partial charge in [-0.05, 0) is 24.8 Å². The van der Waals surface area contributed by atoms with Crippen LogP contribution in [0.25, 0.3) is 0 Å². The monoisotopic (exact) mass is 248 g/mol. The summed E-state index contributed by atoms with van der Waals surface area (Å²) >= 11 is 0. The Labute approximate surface area is 106 Å². The van der Waals surface area contributed by atoms with Crippen LogP contribution in [0.5, 0.6) is 0 Å². The van der Waals surface area contributed by atoms with Crippen molar-refractivity contribution in [3.63, 3.8) is 0 Å². The van der Waals surface area contributed by atoms with Crippen molar-refractivity contribution in [3.05, 3.63) is 35.6 Å². The molecule has 1 N–H and O–H groups in total. The van der Waals surface area contributed by atoms with Gasteiger partial charge in [0.1, 0.15) is 12.0 Å². The summed E-state index contributed by atoms with van der Waals surface area (Å²) in [5, 5.41) is 3.10. The number of carbonyl (C=O) groups is 1. The lowest BCUT2D eigenvalue weighted by molar-refractivity contribution is -0.129. The molecule has 1 atom stereocenters. The summed E-state index contributed by atoms with van der Waals surface area (Å²) in [6.07, 6.45) is 3.34. The smallest absolute Gasteiger partial charge is 0.238 e.